The maximum Gasteiger partial charge on any atom is 0.257 e. The van der Waals surface area contributed by atoms with E-state index in [1.165, 1.54) is 5.56 Å². The van der Waals surface area contributed by atoms with E-state index in [0.29, 0.717) is 78.0 Å². The average Bonchev–Trinajstić information content (AvgIpc) is 3.45. The number of aliphatic imine (C=N–C) groups is 3. The lowest BCUT2D eigenvalue weighted by Crippen LogP contribution is -2.46. The zero-order chi connectivity index (χ0) is 41.4. The van der Waals surface area contributed by atoms with Crippen molar-refractivity contribution in [1.82, 2.24) is 19.6 Å². The molecular formula is C46H49N7O6. The minimum absolute atomic E-state index is 0.0845. The predicted octanol–water partition coefficient (Wildman–Crippen LogP) is 6.61. The number of hydrogen-bond donors (Lipinski definition) is 0. The number of carbonyl (C=O) groups excluding carboxylic acids is 2. The molecule has 0 aromatic heterocycles. The molecule has 4 aliphatic heterocycles. The van der Waals surface area contributed by atoms with Gasteiger partial charge in [0.15, 0.2) is 23.0 Å². The minimum atomic E-state index is -0.227. The first-order chi connectivity index (χ1) is 28.5. The highest BCUT2D eigenvalue weighted by atomic mass is 16.5. The summed E-state index contributed by atoms with van der Waals surface area (Å²) in [7, 11) is 11.1. The van der Waals surface area contributed by atoms with Gasteiger partial charge in [0.05, 0.1) is 61.0 Å². The van der Waals surface area contributed by atoms with E-state index in [9.17, 15) is 9.59 Å². The summed E-state index contributed by atoms with van der Waals surface area (Å²) in [6.45, 7) is 5.77. The van der Waals surface area contributed by atoms with Gasteiger partial charge in [-0.25, -0.2) is 0 Å². The lowest BCUT2D eigenvalue weighted by atomic mass is 9.94. The summed E-state index contributed by atoms with van der Waals surface area (Å²) < 4.78 is 24.4. The maximum atomic E-state index is 13.9. The van der Waals surface area contributed by atoms with Crippen LogP contribution in [0.2, 0.25) is 0 Å². The SMILES string of the molecule is C=NC1=C(N(C)C)C[C@H]2C=Nc3cc(OCc4cc(COc5cc6c(cc5OC)C(=O)N5Cc7ccccc7C[C@H]5C=N6)cc(CN(C)C)c4)c(OC)cc3C(=O)N2C1. The molecule has 8 rings (SSSR count). The van der Waals surface area contributed by atoms with Gasteiger partial charge >= 0.3 is 0 Å². The molecule has 4 aliphatic rings. The predicted molar refractivity (Wildman–Crippen MR) is 228 cm³/mol. The first-order valence-electron chi connectivity index (χ1n) is 19.6. The summed E-state index contributed by atoms with van der Waals surface area (Å²) in [5.41, 5.74) is 9.08. The number of nitrogens with zero attached hydrogens (tertiary/aromatic N) is 7. The Balaban J connectivity index is 1.02. The molecule has 304 valence electrons. The molecule has 0 N–H and O–H groups in total. The number of methoxy groups -OCH3 is 2. The second kappa shape index (κ2) is 16.4. The summed E-state index contributed by atoms with van der Waals surface area (Å²) >= 11 is 0. The first kappa shape index (κ1) is 39.4. The summed E-state index contributed by atoms with van der Waals surface area (Å²) in [6, 6.07) is 21.1. The largest absolute Gasteiger partial charge is 0.493 e. The van der Waals surface area contributed by atoms with Gasteiger partial charge in [-0.2, -0.15) is 0 Å². The van der Waals surface area contributed by atoms with Crippen LogP contribution in [0, 0.1) is 0 Å². The first-order valence-corrected chi connectivity index (χ1v) is 19.6. The number of rotatable bonds is 12. The van der Waals surface area contributed by atoms with Crippen LogP contribution in [0.1, 0.15) is 55.0 Å². The highest BCUT2D eigenvalue weighted by Crippen LogP contribution is 2.41. The molecule has 0 unspecified atom stereocenters. The number of amides is 2. The number of ether oxygens (including phenoxy) is 4. The van der Waals surface area contributed by atoms with E-state index in [4.69, 9.17) is 28.9 Å². The van der Waals surface area contributed by atoms with Crippen molar-refractivity contribution < 1.29 is 28.5 Å². The minimum Gasteiger partial charge on any atom is -0.493 e. The molecule has 13 heteroatoms. The quantitative estimate of drug-likeness (QED) is 0.147. The molecule has 13 nitrogen and oxygen atoms in total. The van der Waals surface area contributed by atoms with Crippen molar-refractivity contribution >= 4 is 42.3 Å². The van der Waals surface area contributed by atoms with Crippen molar-refractivity contribution in [3.8, 4) is 23.0 Å². The Morgan fingerprint density at radius 2 is 1.22 bits per heavy atom. The molecule has 59 heavy (non-hydrogen) atoms. The van der Waals surface area contributed by atoms with Crippen molar-refractivity contribution in [3.63, 3.8) is 0 Å². The standard InChI is InChI=1S/C46H49N7O6/c1-47-39-25-53-34(16-40(39)51(4)5)22-49-38-20-44(42(57-7)18-36(38)46(53)55)59-27-30-13-28(23-50(2)3)12-29(14-30)26-58-43-19-37-35(17-41(43)56-6)45(54)52-24-32-11-9-8-10-31(32)15-33(52)21-48-37/h8-14,17-22,33-34H,1,15-16,23-27H2,2-7H3/t33-,34-/m0/s1. The van der Waals surface area contributed by atoms with Crippen LogP contribution < -0.4 is 18.9 Å². The third kappa shape index (κ3) is 7.90. The fraction of sp³-hybridized carbons (Fsp3) is 0.326. The van der Waals surface area contributed by atoms with E-state index in [-0.39, 0.29) is 37.1 Å². The third-order valence-corrected chi connectivity index (χ3v) is 11.2. The Labute approximate surface area is 344 Å². The van der Waals surface area contributed by atoms with Gasteiger partial charge in [0.1, 0.15) is 13.2 Å². The summed E-state index contributed by atoms with van der Waals surface area (Å²) in [5.74, 6) is 1.60. The van der Waals surface area contributed by atoms with E-state index in [1.807, 2.05) is 68.6 Å². The van der Waals surface area contributed by atoms with Crippen molar-refractivity contribution in [3.05, 3.63) is 117 Å². The van der Waals surface area contributed by atoms with Crippen LogP contribution in [0.3, 0.4) is 0 Å². The zero-order valence-electron chi connectivity index (χ0n) is 34.4. The van der Waals surface area contributed by atoms with E-state index in [2.05, 4.69) is 40.9 Å². The van der Waals surface area contributed by atoms with Crippen molar-refractivity contribution in [2.24, 2.45) is 15.0 Å². The van der Waals surface area contributed by atoms with E-state index < -0.39 is 0 Å². The molecule has 2 atom stereocenters. The number of carbonyl (C=O) groups is 2. The second-order valence-corrected chi connectivity index (χ2v) is 15.7. The zero-order valence-corrected chi connectivity index (χ0v) is 34.4. The lowest BCUT2D eigenvalue weighted by molar-refractivity contribution is 0.0701. The van der Waals surface area contributed by atoms with Crippen molar-refractivity contribution in [2.45, 2.75) is 51.2 Å². The molecule has 0 fully saturated rings. The molecule has 0 saturated carbocycles. The average molecular weight is 796 g/mol. The van der Waals surface area contributed by atoms with Crippen LogP contribution in [0.25, 0.3) is 0 Å². The van der Waals surface area contributed by atoms with Gasteiger partial charge in [0.2, 0.25) is 0 Å². The normalized spacial score (nSPS) is 17.9. The van der Waals surface area contributed by atoms with E-state index in [1.54, 1.807) is 43.4 Å². The number of fused-ring (bicyclic) bond motifs is 5. The molecule has 0 aliphatic carbocycles. The van der Waals surface area contributed by atoms with Crippen LogP contribution in [-0.2, 0) is 32.7 Å². The topological polar surface area (TPSA) is 121 Å². The van der Waals surface area contributed by atoms with Crippen LogP contribution in [0.15, 0.2) is 93.1 Å². The van der Waals surface area contributed by atoms with Gasteiger partial charge in [0, 0.05) is 63.9 Å². The van der Waals surface area contributed by atoms with Crippen molar-refractivity contribution in [2.75, 3.05) is 49.0 Å². The van der Waals surface area contributed by atoms with Gasteiger partial charge in [-0.05, 0) is 73.3 Å². The molecular weight excluding hydrogens is 747 g/mol. The fourth-order valence-corrected chi connectivity index (χ4v) is 8.26. The van der Waals surface area contributed by atoms with Gasteiger partial charge in [0.25, 0.3) is 11.8 Å². The van der Waals surface area contributed by atoms with Gasteiger partial charge < -0.3 is 38.5 Å². The van der Waals surface area contributed by atoms with E-state index in [0.717, 1.165) is 33.6 Å². The Hall–Kier alpha value is -6.47. The number of hydrogen-bond acceptors (Lipinski definition) is 11. The smallest absolute Gasteiger partial charge is 0.257 e. The third-order valence-electron chi connectivity index (χ3n) is 11.2. The Morgan fingerprint density at radius 3 is 1.75 bits per heavy atom. The van der Waals surface area contributed by atoms with Crippen LogP contribution in [0.5, 0.6) is 23.0 Å². The molecule has 4 aromatic carbocycles. The fourth-order valence-electron chi connectivity index (χ4n) is 8.26. The monoisotopic (exact) mass is 795 g/mol. The van der Waals surface area contributed by atoms with Crippen molar-refractivity contribution in [1.29, 1.82) is 0 Å². The van der Waals surface area contributed by atoms with Gasteiger partial charge in [-0.15, -0.1) is 0 Å². The summed E-state index contributed by atoms with van der Waals surface area (Å²) in [5, 5.41) is 0. The Morgan fingerprint density at radius 1 is 0.695 bits per heavy atom. The lowest BCUT2D eigenvalue weighted by Gasteiger charge is -2.36. The molecule has 2 amide bonds. The second-order valence-electron chi connectivity index (χ2n) is 15.7. The molecule has 0 radical (unpaired) electrons. The van der Waals surface area contributed by atoms with Crippen LogP contribution in [0.4, 0.5) is 11.4 Å². The van der Waals surface area contributed by atoms with E-state index >= 15 is 0 Å². The summed E-state index contributed by atoms with van der Waals surface area (Å²) in [4.78, 5) is 49.4. The highest BCUT2D eigenvalue weighted by molar-refractivity contribution is 6.04. The molecule has 4 aromatic rings. The number of benzene rings is 4. The summed E-state index contributed by atoms with van der Waals surface area (Å²) in [6.07, 6.45) is 5.00. The maximum absolute atomic E-state index is 13.9. The highest BCUT2D eigenvalue weighted by Gasteiger charge is 2.36. The molecule has 4 heterocycles. The van der Waals surface area contributed by atoms with Gasteiger partial charge in [-0.1, -0.05) is 36.4 Å². The molecule has 0 bridgehead atoms. The van der Waals surface area contributed by atoms with Gasteiger partial charge in [-0.3, -0.25) is 24.6 Å². The Bertz CT molecular complexity index is 2420. The molecule has 0 spiro atoms. The Kier molecular flexibility index (Phi) is 11.0. The molecule has 0 saturated heterocycles. The van der Waals surface area contributed by atoms with Crippen LogP contribution in [-0.4, -0.2) is 112 Å². The van der Waals surface area contributed by atoms with Crippen LogP contribution >= 0.6 is 0 Å².